The monoisotopic (exact) mass is 279 g/mol. The fourth-order valence-corrected chi connectivity index (χ4v) is 2.20. The molecule has 0 bridgehead atoms. The third-order valence-corrected chi connectivity index (χ3v) is 3.26. The number of rotatable bonds is 5. The number of carbonyl (C=O) groups is 1. The van der Waals surface area contributed by atoms with E-state index in [1.165, 1.54) is 23.5 Å². The van der Waals surface area contributed by atoms with E-state index in [-0.39, 0.29) is 11.5 Å². The lowest BCUT2D eigenvalue weighted by Crippen LogP contribution is -2.19. The fourth-order valence-electron chi connectivity index (χ4n) is 1.44. The van der Waals surface area contributed by atoms with Crippen LogP contribution >= 0.6 is 11.3 Å². The number of aliphatic carboxylic acids is 1. The van der Waals surface area contributed by atoms with E-state index in [0.717, 1.165) is 6.20 Å². The van der Waals surface area contributed by atoms with Crippen molar-refractivity contribution in [2.24, 2.45) is 0 Å². The Bertz CT molecular complexity index is 582. The molecule has 0 radical (unpaired) electrons. The van der Waals surface area contributed by atoms with Gasteiger partial charge in [0.25, 0.3) is 5.69 Å². The Morgan fingerprint density at radius 2 is 2.26 bits per heavy atom. The molecule has 0 saturated carbocycles. The first kappa shape index (κ1) is 13.0. The molecule has 98 valence electrons. The maximum Gasteiger partial charge on any atom is 0.331 e. The van der Waals surface area contributed by atoms with Gasteiger partial charge in [0.15, 0.2) is 6.04 Å². The van der Waals surface area contributed by atoms with E-state index in [4.69, 9.17) is 5.11 Å². The summed E-state index contributed by atoms with van der Waals surface area (Å²) in [5.41, 5.74) is -0.145. The molecule has 2 aromatic heterocycles. The number of anilines is 1. The molecule has 0 aliphatic carbocycles. The van der Waals surface area contributed by atoms with E-state index in [1.807, 2.05) is 0 Å². The Kier molecular flexibility index (Phi) is 3.71. The summed E-state index contributed by atoms with van der Waals surface area (Å²) < 4.78 is 0. The molecular formula is C11H9N3O4S. The number of thiophene rings is 1. The maximum absolute atomic E-state index is 11.2. The molecule has 1 unspecified atom stereocenters. The summed E-state index contributed by atoms with van der Waals surface area (Å²) >= 11 is 1.31. The van der Waals surface area contributed by atoms with Crippen LogP contribution in [-0.4, -0.2) is 21.0 Å². The molecule has 2 aromatic rings. The predicted molar refractivity (Wildman–Crippen MR) is 69.2 cm³/mol. The van der Waals surface area contributed by atoms with E-state index in [0.29, 0.717) is 4.88 Å². The number of aromatic nitrogens is 1. The summed E-state index contributed by atoms with van der Waals surface area (Å²) in [6.07, 6.45) is 1.08. The highest BCUT2D eigenvalue weighted by atomic mass is 32.1. The van der Waals surface area contributed by atoms with E-state index < -0.39 is 16.9 Å². The molecular weight excluding hydrogens is 270 g/mol. The van der Waals surface area contributed by atoms with Gasteiger partial charge < -0.3 is 10.4 Å². The molecule has 0 saturated heterocycles. The SMILES string of the molecule is O=C(O)C(Nc1ccc([N+](=O)[O-])cn1)c1cccs1. The summed E-state index contributed by atoms with van der Waals surface area (Å²) in [5.74, 6) is -0.769. The second kappa shape index (κ2) is 5.44. The van der Waals surface area contributed by atoms with Crippen molar-refractivity contribution in [2.45, 2.75) is 6.04 Å². The van der Waals surface area contributed by atoms with Gasteiger partial charge in [0, 0.05) is 10.9 Å². The number of carboxylic acids is 1. The third-order valence-electron chi connectivity index (χ3n) is 2.33. The first-order chi connectivity index (χ1) is 9.08. The number of nitrogens with zero attached hydrogens (tertiary/aromatic N) is 2. The summed E-state index contributed by atoms with van der Waals surface area (Å²) in [6.45, 7) is 0. The number of hydrogen-bond acceptors (Lipinski definition) is 6. The highest BCUT2D eigenvalue weighted by Gasteiger charge is 2.21. The lowest BCUT2D eigenvalue weighted by Gasteiger charge is -2.13. The van der Waals surface area contributed by atoms with Gasteiger partial charge in [-0.15, -0.1) is 11.3 Å². The van der Waals surface area contributed by atoms with Gasteiger partial charge in [-0.05, 0) is 17.5 Å². The smallest absolute Gasteiger partial charge is 0.331 e. The lowest BCUT2D eigenvalue weighted by molar-refractivity contribution is -0.385. The van der Waals surface area contributed by atoms with Gasteiger partial charge in [-0.25, -0.2) is 9.78 Å². The van der Waals surface area contributed by atoms with Gasteiger partial charge in [0.1, 0.15) is 12.0 Å². The minimum atomic E-state index is -1.04. The summed E-state index contributed by atoms with van der Waals surface area (Å²) in [6, 6.07) is 5.17. The molecule has 0 amide bonds. The van der Waals surface area contributed by atoms with Crippen molar-refractivity contribution in [3.05, 3.63) is 50.8 Å². The first-order valence-corrected chi connectivity index (χ1v) is 6.09. The molecule has 0 aliphatic heterocycles. The van der Waals surface area contributed by atoms with Crippen LogP contribution in [0, 0.1) is 10.1 Å². The number of carboxylic acid groups (broad SMARTS) is 1. The third kappa shape index (κ3) is 3.05. The number of pyridine rings is 1. The summed E-state index contributed by atoms with van der Waals surface area (Å²) in [7, 11) is 0. The van der Waals surface area contributed by atoms with Crippen molar-refractivity contribution >= 4 is 28.8 Å². The second-order valence-electron chi connectivity index (χ2n) is 3.59. The molecule has 2 heterocycles. The van der Waals surface area contributed by atoms with Crippen LogP contribution in [0.25, 0.3) is 0 Å². The number of hydrogen-bond donors (Lipinski definition) is 2. The normalized spacial score (nSPS) is 11.8. The van der Waals surface area contributed by atoms with Crippen molar-refractivity contribution in [2.75, 3.05) is 5.32 Å². The molecule has 8 heteroatoms. The predicted octanol–water partition coefficient (Wildman–Crippen LogP) is 2.29. The van der Waals surface area contributed by atoms with Crippen molar-refractivity contribution in [3.8, 4) is 0 Å². The van der Waals surface area contributed by atoms with Crippen LogP contribution in [0.2, 0.25) is 0 Å². The van der Waals surface area contributed by atoms with Crippen LogP contribution < -0.4 is 5.32 Å². The second-order valence-corrected chi connectivity index (χ2v) is 4.57. The Balaban J connectivity index is 2.18. The Morgan fingerprint density at radius 1 is 1.47 bits per heavy atom. The van der Waals surface area contributed by atoms with Crippen LogP contribution in [-0.2, 0) is 4.79 Å². The van der Waals surface area contributed by atoms with Crippen LogP contribution in [0.1, 0.15) is 10.9 Å². The summed E-state index contributed by atoms with van der Waals surface area (Å²) in [4.78, 5) is 25.6. The Labute approximate surface area is 111 Å². The molecule has 7 nitrogen and oxygen atoms in total. The van der Waals surface area contributed by atoms with E-state index >= 15 is 0 Å². The van der Waals surface area contributed by atoms with Crippen LogP contribution in [0.5, 0.6) is 0 Å². The fraction of sp³-hybridized carbons (Fsp3) is 0.0909. The topological polar surface area (TPSA) is 105 Å². The highest BCUT2D eigenvalue weighted by molar-refractivity contribution is 7.10. The van der Waals surface area contributed by atoms with Crippen LogP contribution in [0.3, 0.4) is 0 Å². The van der Waals surface area contributed by atoms with Gasteiger partial charge in [-0.1, -0.05) is 6.07 Å². The molecule has 2 rings (SSSR count). The lowest BCUT2D eigenvalue weighted by atomic mass is 10.2. The average molecular weight is 279 g/mol. The Morgan fingerprint density at radius 3 is 2.74 bits per heavy atom. The standard InChI is InChI=1S/C11H9N3O4S/c15-11(16)10(8-2-1-5-19-8)13-9-4-3-7(6-12-9)14(17)18/h1-6,10H,(H,12,13)(H,15,16). The molecule has 1 atom stereocenters. The van der Waals surface area contributed by atoms with Gasteiger partial charge in [0.2, 0.25) is 0 Å². The van der Waals surface area contributed by atoms with E-state index in [1.54, 1.807) is 17.5 Å². The highest BCUT2D eigenvalue weighted by Crippen LogP contribution is 2.23. The molecule has 2 N–H and O–H groups in total. The van der Waals surface area contributed by atoms with Crippen molar-refractivity contribution < 1.29 is 14.8 Å². The summed E-state index contributed by atoms with van der Waals surface area (Å²) in [5, 5.41) is 24.1. The maximum atomic E-state index is 11.2. The average Bonchev–Trinajstić information content (AvgIpc) is 2.89. The quantitative estimate of drug-likeness (QED) is 0.642. The zero-order valence-electron chi connectivity index (χ0n) is 9.52. The molecule has 0 aromatic carbocycles. The van der Waals surface area contributed by atoms with Crippen LogP contribution in [0.15, 0.2) is 35.8 Å². The van der Waals surface area contributed by atoms with E-state index in [9.17, 15) is 14.9 Å². The van der Waals surface area contributed by atoms with Gasteiger partial charge >= 0.3 is 5.97 Å². The van der Waals surface area contributed by atoms with Crippen molar-refractivity contribution in [3.63, 3.8) is 0 Å². The zero-order valence-corrected chi connectivity index (χ0v) is 10.3. The minimum Gasteiger partial charge on any atom is -0.479 e. The Hall–Kier alpha value is -2.48. The van der Waals surface area contributed by atoms with Gasteiger partial charge in [-0.2, -0.15) is 0 Å². The van der Waals surface area contributed by atoms with Crippen molar-refractivity contribution in [1.29, 1.82) is 0 Å². The number of nitrogens with one attached hydrogen (secondary N) is 1. The molecule has 0 fully saturated rings. The number of nitro groups is 1. The van der Waals surface area contributed by atoms with Gasteiger partial charge in [0.05, 0.1) is 4.92 Å². The van der Waals surface area contributed by atoms with Crippen LogP contribution in [0.4, 0.5) is 11.5 Å². The van der Waals surface area contributed by atoms with Crippen molar-refractivity contribution in [1.82, 2.24) is 4.98 Å². The van der Waals surface area contributed by atoms with Gasteiger partial charge in [-0.3, -0.25) is 10.1 Å². The minimum absolute atomic E-state index is 0.145. The largest absolute Gasteiger partial charge is 0.479 e. The zero-order chi connectivity index (χ0) is 13.8. The molecule has 0 aliphatic rings. The van der Waals surface area contributed by atoms with E-state index in [2.05, 4.69) is 10.3 Å². The first-order valence-electron chi connectivity index (χ1n) is 5.21. The molecule has 19 heavy (non-hydrogen) atoms. The molecule has 0 spiro atoms.